The first-order chi connectivity index (χ1) is 8.13. The summed E-state index contributed by atoms with van der Waals surface area (Å²) < 4.78 is 0. The van der Waals surface area contributed by atoms with Crippen molar-refractivity contribution in [3.05, 3.63) is 29.8 Å². The van der Waals surface area contributed by atoms with Gasteiger partial charge in [0.15, 0.2) is 0 Å². The topological polar surface area (TPSA) is 40.5 Å². The number of aliphatic hydroxyl groups is 1. The molecule has 1 aliphatic rings. The van der Waals surface area contributed by atoms with Crippen molar-refractivity contribution >= 4 is 11.6 Å². The largest absolute Gasteiger partial charge is 0.389 e. The highest BCUT2D eigenvalue weighted by Gasteiger charge is 2.30. The lowest BCUT2D eigenvalue weighted by molar-refractivity contribution is -0.117. The molecule has 2 atom stereocenters. The Labute approximate surface area is 101 Å². The number of rotatable bonds is 2. The number of terminal acetylenes is 1. The molecule has 0 radical (unpaired) electrons. The quantitative estimate of drug-likeness (QED) is 0.784. The lowest BCUT2D eigenvalue weighted by Gasteiger charge is -2.21. The van der Waals surface area contributed by atoms with Crippen LogP contribution in [0.5, 0.6) is 0 Å². The van der Waals surface area contributed by atoms with Crippen molar-refractivity contribution in [1.82, 2.24) is 0 Å². The number of nitrogens with zero attached hydrogens (tertiary/aromatic N) is 1. The fourth-order valence-electron chi connectivity index (χ4n) is 2.14. The predicted octanol–water partition coefficient (Wildman–Crippen LogP) is 1.73. The van der Waals surface area contributed by atoms with Gasteiger partial charge in [-0.05, 0) is 13.0 Å². The molecule has 1 aromatic rings. The summed E-state index contributed by atoms with van der Waals surface area (Å²) in [7, 11) is 0. The van der Waals surface area contributed by atoms with Crippen LogP contribution in [0.1, 0.15) is 25.0 Å². The number of hydrogen-bond acceptors (Lipinski definition) is 2. The number of benzene rings is 1. The van der Waals surface area contributed by atoms with Crippen molar-refractivity contribution in [3.8, 4) is 12.3 Å². The second-order valence-corrected chi connectivity index (χ2v) is 4.31. The molecule has 0 saturated carbocycles. The Kier molecular flexibility index (Phi) is 3.16. The molecule has 1 fully saturated rings. The molecule has 1 N–H and O–H groups in total. The van der Waals surface area contributed by atoms with Crippen molar-refractivity contribution in [2.75, 3.05) is 11.4 Å². The molecule has 88 valence electrons. The van der Waals surface area contributed by atoms with Gasteiger partial charge in [0.25, 0.3) is 0 Å². The van der Waals surface area contributed by atoms with Gasteiger partial charge in [0.05, 0.1) is 6.10 Å². The average molecular weight is 229 g/mol. The zero-order chi connectivity index (χ0) is 12.4. The van der Waals surface area contributed by atoms with Crippen LogP contribution in [0, 0.1) is 18.3 Å². The summed E-state index contributed by atoms with van der Waals surface area (Å²) in [5.41, 5.74) is 1.53. The number of carbonyl (C=O) groups is 1. The van der Waals surface area contributed by atoms with Crippen molar-refractivity contribution in [2.45, 2.75) is 19.4 Å². The molecule has 1 aliphatic heterocycles. The molecule has 3 nitrogen and oxygen atoms in total. The van der Waals surface area contributed by atoms with Crippen LogP contribution < -0.4 is 4.90 Å². The van der Waals surface area contributed by atoms with Crippen LogP contribution in [0.25, 0.3) is 0 Å². The number of anilines is 1. The summed E-state index contributed by atoms with van der Waals surface area (Å²) in [6.07, 6.45) is 5.16. The van der Waals surface area contributed by atoms with Gasteiger partial charge in [-0.2, -0.15) is 0 Å². The molecular formula is C14H15NO2. The third kappa shape index (κ3) is 2.17. The van der Waals surface area contributed by atoms with Crippen LogP contribution in [0.15, 0.2) is 24.3 Å². The molecule has 2 unspecified atom stereocenters. The lowest BCUT2D eigenvalue weighted by Crippen LogP contribution is -2.25. The Bertz CT molecular complexity index is 473. The van der Waals surface area contributed by atoms with Gasteiger partial charge in [0, 0.05) is 30.1 Å². The van der Waals surface area contributed by atoms with Gasteiger partial charge in [-0.25, -0.2) is 0 Å². The summed E-state index contributed by atoms with van der Waals surface area (Å²) in [6, 6.07) is 7.39. The molecule has 0 aliphatic carbocycles. The second-order valence-electron chi connectivity index (χ2n) is 4.31. The molecule has 2 rings (SSSR count). The minimum absolute atomic E-state index is 0.0236. The molecule has 1 saturated heterocycles. The van der Waals surface area contributed by atoms with Gasteiger partial charge < -0.3 is 10.0 Å². The van der Waals surface area contributed by atoms with E-state index in [1.807, 2.05) is 24.3 Å². The van der Waals surface area contributed by atoms with Crippen molar-refractivity contribution < 1.29 is 9.90 Å². The zero-order valence-corrected chi connectivity index (χ0v) is 9.76. The van der Waals surface area contributed by atoms with Crippen molar-refractivity contribution in [2.24, 2.45) is 5.92 Å². The van der Waals surface area contributed by atoms with Gasteiger partial charge in [-0.3, -0.25) is 4.79 Å². The maximum absolute atomic E-state index is 11.9. The second kappa shape index (κ2) is 4.60. The van der Waals surface area contributed by atoms with Crippen LogP contribution in [0.4, 0.5) is 5.69 Å². The van der Waals surface area contributed by atoms with Crippen molar-refractivity contribution in [3.63, 3.8) is 0 Å². The van der Waals surface area contributed by atoms with Crippen LogP contribution >= 0.6 is 0 Å². The van der Waals surface area contributed by atoms with Gasteiger partial charge in [-0.1, -0.05) is 18.2 Å². The highest BCUT2D eigenvalue weighted by atomic mass is 16.3. The standard InChI is InChI=1S/C14H15NO2/c1-3-11-8-14(17)15(9-11)13-7-5-4-6-12(13)10(2)16/h1,4-7,10-11,16H,8-9H2,2H3. The summed E-state index contributed by atoms with van der Waals surface area (Å²) in [5, 5.41) is 9.70. The first kappa shape index (κ1) is 11.7. The average Bonchev–Trinajstić information content (AvgIpc) is 2.70. The number of carbonyl (C=O) groups excluding carboxylic acids is 1. The number of para-hydroxylation sites is 1. The van der Waals surface area contributed by atoms with Crippen LogP contribution in [-0.2, 0) is 4.79 Å². The molecule has 1 heterocycles. The van der Waals surface area contributed by atoms with E-state index in [4.69, 9.17) is 6.42 Å². The number of hydrogen-bond donors (Lipinski definition) is 1. The smallest absolute Gasteiger partial charge is 0.228 e. The molecule has 1 amide bonds. The Hall–Kier alpha value is -1.79. The summed E-state index contributed by atoms with van der Waals surface area (Å²) >= 11 is 0. The summed E-state index contributed by atoms with van der Waals surface area (Å²) in [6.45, 7) is 2.23. The molecule has 3 heteroatoms. The molecule has 0 spiro atoms. The molecule has 0 bridgehead atoms. The summed E-state index contributed by atoms with van der Waals surface area (Å²) in [5.74, 6) is 2.62. The Balaban J connectivity index is 2.35. The predicted molar refractivity (Wildman–Crippen MR) is 66.4 cm³/mol. The SMILES string of the molecule is C#CC1CC(=O)N(c2ccccc2C(C)O)C1. The summed E-state index contributed by atoms with van der Waals surface area (Å²) in [4.78, 5) is 13.5. The van der Waals surface area contributed by atoms with Crippen molar-refractivity contribution in [1.29, 1.82) is 0 Å². The third-order valence-electron chi connectivity index (χ3n) is 3.04. The molecule has 0 aromatic heterocycles. The third-order valence-corrected chi connectivity index (χ3v) is 3.04. The Morgan fingerprint density at radius 1 is 1.53 bits per heavy atom. The number of amides is 1. The van der Waals surface area contributed by atoms with Gasteiger partial charge >= 0.3 is 0 Å². The van der Waals surface area contributed by atoms with E-state index >= 15 is 0 Å². The monoisotopic (exact) mass is 229 g/mol. The highest BCUT2D eigenvalue weighted by Crippen LogP contribution is 2.30. The minimum Gasteiger partial charge on any atom is -0.389 e. The first-order valence-corrected chi connectivity index (χ1v) is 5.67. The zero-order valence-electron chi connectivity index (χ0n) is 9.76. The molecular weight excluding hydrogens is 214 g/mol. The minimum atomic E-state index is -0.594. The van der Waals surface area contributed by atoms with E-state index in [2.05, 4.69) is 5.92 Å². The van der Waals surface area contributed by atoms with E-state index in [-0.39, 0.29) is 11.8 Å². The van der Waals surface area contributed by atoms with E-state index < -0.39 is 6.10 Å². The molecule has 1 aromatic carbocycles. The molecule has 17 heavy (non-hydrogen) atoms. The van der Waals surface area contributed by atoms with E-state index in [0.29, 0.717) is 13.0 Å². The maximum Gasteiger partial charge on any atom is 0.228 e. The van der Waals surface area contributed by atoms with Gasteiger partial charge in [0.1, 0.15) is 0 Å². The number of aliphatic hydroxyl groups excluding tert-OH is 1. The van der Waals surface area contributed by atoms with E-state index in [9.17, 15) is 9.90 Å². The van der Waals surface area contributed by atoms with Gasteiger partial charge in [-0.15, -0.1) is 12.3 Å². The lowest BCUT2D eigenvalue weighted by atomic mass is 10.1. The fraction of sp³-hybridized carbons (Fsp3) is 0.357. The van der Waals surface area contributed by atoms with E-state index in [0.717, 1.165) is 11.3 Å². The van der Waals surface area contributed by atoms with Crippen LogP contribution in [0.2, 0.25) is 0 Å². The van der Waals surface area contributed by atoms with Crippen LogP contribution in [-0.4, -0.2) is 17.6 Å². The maximum atomic E-state index is 11.9. The Morgan fingerprint density at radius 3 is 2.82 bits per heavy atom. The normalized spacial score (nSPS) is 21.4. The van der Waals surface area contributed by atoms with E-state index in [1.54, 1.807) is 11.8 Å². The fourth-order valence-corrected chi connectivity index (χ4v) is 2.14. The van der Waals surface area contributed by atoms with Crippen LogP contribution in [0.3, 0.4) is 0 Å². The Morgan fingerprint density at radius 2 is 2.24 bits per heavy atom. The highest BCUT2D eigenvalue weighted by molar-refractivity contribution is 5.96. The van der Waals surface area contributed by atoms with Gasteiger partial charge in [0.2, 0.25) is 5.91 Å². The first-order valence-electron chi connectivity index (χ1n) is 5.67. The van der Waals surface area contributed by atoms with E-state index in [1.165, 1.54) is 0 Å².